The molecule has 6 heteroatoms. The molecular weight excluding hydrogens is 270 g/mol. The van der Waals surface area contributed by atoms with Crippen molar-refractivity contribution in [2.45, 2.75) is 11.3 Å². The highest BCUT2D eigenvalue weighted by molar-refractivity contribution is 7.91. The number of hydrogen-bond acceptors (Lipinski definition) is 4. The molecule has 1 aliphatic heterocycles. The molecule has 98 valence electrons. The van der Waals surface area contributed by atoms with Crippen molar-refractivity contribution in [2.24, 2.45) is 5.92 Å². The maximum Gasteiger partial charge on any atom is 0.251 e. The molecule has 1 unspecified atom stereocenters. The zero-order valence-corrected chi connectivity index (χ0v) is 11.5. The van der Waals surface area contributed by atoms with E-state index < -0.39 is 9.84 Å². The fourth-order valence-corrected chi connectivity index (χ4v) is 4.11. The van der Waals surface area contributed by atoms with Crippen LogP contribution in [0.4, 0.5) is 0 Å². The Morgan fingerprint density at radius 1 is 1.44 bits per heavy atom. The number of benzene rings is 1. The molecule has 1 atom stereocenters. The molecule has 1 N–H and O–H groups in total. The molecule has 2 rings (SSSR count). The van der Waals surface area contributed by atoms with Crippen molar-refractivity contribution >= 4 is 28.4 Å². The molecule has 0 aliphatic carbocycles. The highest BCUT2D eigenvalue weighted by atomic mass is 32.2. The van der Waals surface area contributed by atoms with Gasteiger partial charge >= 0.3 is 0 Å². The minimum atomic E-state index is -2.88. The van der Waals surface area contributed by atoms with Crippen LogP contribution < -0.4 is 5.32 Å². The predicted molar refractivity (Wildman–Crippen MR) is 72.8 cm³/mol. The molecule has 0 radical (unpaired) electrons. The quantitative estimate of drug-likeness (QED) is 0.819. The van der Waals surface area contributed by atoms with Gasteiger partial charge in [0.15, 0.2) is 9.84 Å². The van der Waals surface area contributed by atoms with Crippen LogP contribution in [0.25, 0.3) is 0 Å². The van der Waals surface area contributed by atoms with Gasteiger partial charge in [-0.3, -0.25) is 4.79 Å². The van der Waals surface area contributed by atoms with Crippen LogP contribution in [0.1, 0.15) is 16.8 Å². The van der Waals surface area contributed by atoms with E-state index in [1.807, 2.05) is 0 Å². The zero-order chi connectivity index (χ0) is 13.2. The molecule has 1 aromatic rings. The van der Waals surface area contributed by atoms with Crippen LogP contribution in [0.3, 0.4) is 0 Å². The molecule has 1 aliphatic rings. The number of amides is 1. The molecule has 1 amide bonds. The van der Waals surface area contributed by atoms with Gasteiger partial charge in [0, 0.05) is 17.0 Å². The van der Waals surface area contributed by atoms with Crippen molar-refractivity contribution in [1.29, 1.82) is 0 Å². The Balaban J connectivity index is 1.90. The van der Waals surface area contributed by atoms with Crippen LogP contribution in [0, 0.1) is 5.92 Å². The number of nitrogens with one attached hydrogen (secondary N) is 1. The summed E-state index contributed by atoms with van der Waals surface area (Å²) in [5.74, 6) is 0.271. The van der Waals surface area contributed by atoms with Gasteiger partial charge in [-0.05, 0) is 30.5 Å². The molecule has 1 heterocycles. The average Bonchev–Trinajstić information content (AvgIpc) is 2.66. The van der Waals surface area contributed by atoms with Crippen molar-refractivity contribution < 1.29 is 13.2 Å². The van der Waals surface area contributed by atoms with E-state index in [9.17, 15) is 13.2 Å². The highest BCUT2D eigenvalue weighted by Crippen LogP contribution is 2.17. The van der Waals surface area contributed by atoms with E-state index >= 15 is 0 Å². The number of carbonyl (C=O) groups is 1. The Morgan fingerprint density at radius 3 is 2.83 bits per heavy atom. The molecule has 1 fully saturated rings. The summed E-state index contributed by atoms with van der Waals surface area (Å²) in [6.07, 6.45) is 0.634. The van der Waals surface area contributed by atoms with Crippen molar-refractivity contribution in [3.63, 3.8) is 0 Å². The molecule has 4 nitrogen and oxygen atoms in total. The summed E-state index contributed by atoms with van der Waals surface area (Å²) in [6.45, 7) is 0.412. The van der Waals surface area contributed by atoms with Gasteiger partial charge in [0.2, 0.25) is 0 Å². The van der Waals surface area contributed by atoms with E-state index in [1.54, 1.807) is 24.3 Å². The van der Waals surface area contributed by atoms with Crippen LogP contribution in [-0.4, -0.2) is 32.4 Å². The number of rotatable bonds is 3. The Labute approximate surface area is 112 Å². The van der Waals surface area contributed by atoms with Crippen LogP contribution in [0.2, 0.25) is 0 Å². The minimum absolute atomic E-state index is 0.0399. The van der Waals surface area contributed by atoms with Gasteiger partial charge in [0.1, 0.15) is 0 Å². The number of sulfone groups is 1. The van der Waals surface area contributed by atoms with E-state index in [0.29, 0.717) is 18.5 Å². The Bertz CT molecular complexity index is 554. The second kappa shape index (κ2) is 5.32. The van der Waals surface area contributed by atoms with Crippen molar-refractivity contribution in [3.8, 4) is 0 Å². The largest absolute Gasteiger partial charge is 0.352 e. The summed E-state index contributed by atoms with van der Waals surface area (Å²) in [5.41, 5.74) is 0.545. The third kappa shape index (κ3) is 3.49. The molecule has 1 saturated heterocycles. The van der Waals surface area contributed by atoms with Gasteiger partial charge in [0.25, 0.3) is 5.91 Å². The molecule has 0 saturated carbocycles. The molecule has 0 bridgehead atoms. The fraction of sp³-hybridized carbons (Fsp3) is 0.417. The first-order chi connectivity index (χ1) is 8.46. The van der Waals surface area contributed by atoms with Gasteiger partial charge in [-0.1, -0.05) is 6.07 Å². The normalized spacial score (nSPS) is 21.7. The third-order valence-electron chi connectivity index (χ3n) is 2.99. The summed E-state index contributed by atoms with van der Waals surface area (Å²) in [6, 6.07) is 6.95. The summed E-state index contributed by atoms with van der Waals surface area (Å²) >= 11 is 4.17. The second-order valence-electron chi connectivity index (χ2n) is 4.53. The monoisotopic (exact) mass is 285 g/mol. The van der Waals surface area contributed by atoms with Crippen LogP contribution in [0.15, 0.2) is 29.2 Å². The standard InChI is InChI=1S/C12H15NO3S2/c14-12(10-2-1-3-11(17)6-10)13-7-9-4-5-18(15,16)8-9/h1-3,6,9,17H,4-5,7-8H2,(H,13,14). The van der Waals surface area contributed by atoms with Gasteiger partial charge in [-0.15, -0.1) is 12.6 Å². The third-order valence-corrected chi connectivity index (χ3v) is 5.10. The lowest BCUT2D eigenvalue weighted by Gasteiger charge is -2.09. The van der Waals surface area contributed by atoms with E-state index in [1.165, 1.54) is 0 Å². The summed E-state index contributed by atoms with van der Waals surface area (Å²) in [5, 5.41) is 2.77. The predicted octanol–water partition coefficient (Wildman–Crippen LogP) is 1.14. The van der Waals surface area contributed by atoms with Crippen molar-refractivity contribution in [2.75, 3.05) is 18.1 Å². The first kappa shape index (κ1) is 13.4. The average molecular weight is 285 g/mol. The smallest absolute Gasteiger partial charge is 0.251 e. The van der Waals surface area contributed by atoms with Gasteiger partial charge in [0.05, 0.1) is 11.5 Å². The van der Waals surface area contributed by atoms with Crippen molar-refractivity contribution in [3.05, 3.63) is 29.8 Å². The summed E-state index contributed by atoms with van der Waals surface area (Å²) in [7, 11) is -2.88. The lowest BCUT2D eigenvalue weighted by Crippen LogP contribution is -2.29. The number of thiol groups is 1. The highest BCUT2D eigenvalue weighted by Gasteiger charge is 2.27. The van der Waals surface area contributed by atoms with Crippen LogP contribution >= 0.6 is 12.6 Å². The summed E-state index contributed by atoms with van der Waals surface area (Å²) in [4.78, 5) is 12.5. The second-order valence-corrected chi connectivity index (χ2v) is 7.27. The number of carbonyl (C=O) groups excluding carboxylic acids is 1. The molecule has 0 spiro atoms. The molecule has 0 aromatic heterocycles. The Hall–Kier alpha value is -1.01. The SMILES string of the molecule is O=C(NCC1CCS(=O)(=O)C1)c1cccc(S)c1. The molecular formula is C12H15NO3S2. The van der Waals surface area contributed by atoms with Gasteiger partial charge in [-0.25, -0.2) is 8.42 Å². The first-order valence-electron chi connectivity index (χ1n) is 5.74. The Kier molecular flexibility index (Phi) is 3.97. The maximum absolute atomic E-state index is 11.8. The first-order valence-corrected chi connectivity index (χ1v) is 8.01. The molecule has 18 heavy (non-hydrogen) atoms. The van der Waals surface area contributed by atoms with Crippen molar-refractivity contribution in [1.82, 2.24) is 5.32 Å². The van der Waals surface area contributed by atoms with Gasteiger partial charge in [-0.2, -0.15) is 0 Å². The van der Waals surface area contributed by atoms with E-state index in [4.69, 9.17) is 0 Å². The number of hydrogen-bond donors (Lipinski definition) is 2. The maximum atomic E-state index is 11.8. The lowest BCUT2D eigenvalue weighted by molar-refractivity contribution is 0.0948. The van der Waals surface area contributed by atoms with E-state index in [2.05, 4.69) is 17.9 Å². The minimum Gasteiger partial charge on any atom is -0.352 e. The molecule has 1 aromatic carbocycles. The van der Waals surface area contributed by atoms with E-state index in [-0.39, 0.29) is 23.3 Å². The fourth-order valence-electron chi connectivity index (χ4n) is 2.02. The van der Waals surface area contributed by atoms with E-state index in [0.717, 1.165) is 4.90 Å². The van der Waals surface area contributed by atoms with Crippen LogP contribution in [0.5, 0.6) is 0 Å². The Morgan fingerprint density at radius 2 is 2.22 bits per heavy atom. The summed E-state index contributed by atoms with van der Waals surface area (Å²) < 4.78 is 22.6. The van der Waals surface area contributed by atoms with Crippen LogP contribution in [-0.2, 0) is 9.84 Å². The zero-order valence-electron chi connectivity index (χ0n) is 9.80. The topological polar surface area (TPSA) is 63.2 Å². The van der Waals surface area contributed by atoms with Gasteiger partial charge < -0.3 is 5.32 Å². The lowest BCUT2D eigenvalue weighted by atomic mass is 10.1.